The van der Waals surface area contributed by atoms with Gasteiger partial charge in [-0.1, -0.05) is 6.92 Å². The summed E-state index contributed by atoms with van der Waals surface area (Å²) in [7, 11) is 0. The molecule has 2 aliphatic rings. The Bertz CT molecular complexity index is 294. The van der Waals surface area contributed by atoms with Crippen LogP contribution in [-0.4, -0.2) is 40.5 Å². The van der Waals surface area contributed by atoms with Gasteiger partial charge in [-0.05, 0) is 38.1 Å². The smallest absolute Gasteiger partial charge is 0.475 e. The molecular formula is C11H18F3NO3. The van der Waals surface area contributed by atoms with Crippen LogP contribution in [0.2, 0.25) is 0 Å². The fraction of sp³-hybridized carbons (Fsp3) is 0.909. The molecule has 1 saturated heterocycles. The van der Waals surface area contributed by atoms with E-state index in [0.717, 1.165) is 31.7 Å². The number of aliphatic carboxylic acids is 1. The lowest BCUT2D eigenvalue weighted by Crippen LogP contribution is -2.46. The van der Waals surface area contributed by atoms with Crippen molar-refractivity contribution < 1.29 is 28.2 Å². The van der Waals surface area contributed by atoms with Gasteiger partial charge in [0.05, 0.1) is 5.60 Å². The third-order valence-corrected chi connectivity index (χ3v) is 3.31. The predicted molar refractivity (Wildman–Crippen MR) is 58.1 cm³/mol. The van der Waals surface area contributed by atoms with Gasteiger partial charge in [-0.2, -0.15) is 13.2 Å². The fourth-order valence-electron chi connectivity index (χ4n) is 1.93. The minimum Gasteiger partial charge on any atom is -0.475 e. The molecule has 106 valence electrons. The lowest BCUT2D eigenvalue weighted by Gasteiger charge is -2.31. The van der Waals surface area contributed by atoms with E-state index in [4.69, 9.17) is 9.90 Å². The number of aliphatic hydroxyl groups is 1. The Hall–Kier alpha value is -0.820. The highest BCUT2D eigenvalue weighted by Gasteiger charge is 2.48. The summed E-state index contributed by atoms with van der Waals surface area (Å²) >= 11 is 0. The predicted octanol–water partition coefficient (Wildman–Crippen LogP) is 1.53. The van der Waals surface area contributed by atoms with Gasteiger partial charge in [0.15, 0.2) is 0 Å². The molecule has 0 aromatic heterocycles. The number of nitrogens with one attached hydrogen (secondary N) is 1. The summed E-state index contributed by atoms with van der Waals surface area (Å²) in [5.41, 5.74) is -0.305. The van der Waals surface area contributed by atoms with Crippen molar-refractivity contribution in [2.75, 3.05) is 6.54 Å². The molecule has 2 fully saturated rings. The number of rotatable bonds is 1. The van der Waals surface area contributed by atoms with Crippen LogP contribution in [0.25, 0.3) is 0 Å². The summed E-state index contributed by atoms with van der Waals surface area (Å²) in [6, 6.07) is 0.402. The second-order valence-corrected chi connectivity index (χ2v) is 5.05. The Kier molecular flexibility index (Phi) is 4.61. The van der Waals surface area contributed by atoms with E-state index in [-0.39, 0.29) is 5.60 Å². The Labute approximate surface area is 103 Å². The second-order valence-electron chi connectivity index (χ2n) is 5.05. The molecule has 18 heavy (non-hydrogen) atoms. The van der Waals surface area contributed by atoms with Crippen molar-refractivity contribution >= 4 is 5.97 Å². The van der Waals surface area contributed by atoms with Crippen molar-refractivity contribution in [3.8, 4) is 0 Å². The molecule has 0 aromatic rings. The van der Waals surface area contributed by atoms with E-state index in [1.54, 1.807) is 0 Å². The molecular weight excluding hydrogens is 251 g/mol. The van der Waals surface area contributed by atoms with E-state index in [1.165, 1.54) is 6.42 Å². The van der Waals surface area contributed by atoms with Crippen LogP contribution in [-0.2, 0) is 4.79 Å². The van der Waals surface area contributed by atoms with E-state index in [9.17, 15) is 18.3 Å². The van der Waals surface area contributed by atoms with Crippen LogP contribution in [0.4, 0.5) is 13.2 Å². The van der Waals surface area contributed by atoms with Crippen molar-refractivity contribution in [1.29, 1.82) is 0 Å². The average molecular weight is 269 g/mol. The van der Waals surface area contributed by atoms with Gasteiger partial charge >= 0.3 is 12.1 Å². The molecule has 2 atom stereocenters. The number of alkyl halides is 3. The highest BCUT2D eigenvalue weighted by atomic mass is 19.4. The molecule has 0 radical (unpaired) electrons. The van der Waals surface area contributed by atoms with Crippen molar-refractivity contribution in [1.82, 2.24) is 5.32 Å². The highest BCUT2D eigenvalue weighted by molar-refractivity contribution is 5.73. The van der Waals surface area contributed by atoms with Crippen molar-refractivity contribution in [3.63, 3.8) is 0 Å². The number of carboxylic acid groups (broad SMARTS) is 1. The first-order valence-electron chi connectivity index (χ1n) is 5.91. The van der Waals surface area contributed by atoms with Crippen molar-refractivity contribution in [2.24, 2.45) is 5.92 Å². The molecule has 7 heteroatoms. The van der Waals surface area contributed by atoms with Crippen molar-refractivity contribution in [2.45, 2.75) is 50.4 Å². The van der Waals surface area contributed by atoms with Crippen LogP contribution < -0.4 is 5.32 Å². The largest absolute Gasteiger partial charge is 0.490 e. The fourth-order valence-corrected chi connectivity index (χ4v) is 1.93. The van der Waals surface area contributed by atoms with E-state index < -0.39 is 12.1 Å². The summed E-state index contributed by atoms with van der Waals surface area (Å²) in [6.07, 6.45) is -0.615. The molecule has 0 spiro atoms. The number of hydrogen-bond donors (Lipinski definition) is 3. The Morgan fingerprint density at radius 2 is 1.83 bits per heavy atom. The standard InChI is InChI=1S/C9H17NO.C2HF3O2/c1-7-2-3-8(10-6-7)9(11)4-5-9;3-2(4,5)1(6)7/h7-8,10-11H,2-6H2,1H3;(H,6,7). The van der Waals surface area contributed by atoms with Crippen LogP contribution in [0.1, 0.15) is 32.6 Å². The molecule has 0 amide bonds. The zero-order valence-corrected chi connectivity index (χ0v) is 10.1. The van der Waals surface area contributed by atoms with E-state index in [1.807, 2.05) is 0 Å². The Balaban J connectivity index is 0.000000203. The number of halogens is 3. The second kappa shape index (κ2) is 5.44. The lowest BCUT2D eigenvalue weighted by atomic mass is 9.92. The zero-order chi connectivity index (χ0) is 14.0. The summed E-state index contributed by atoms with van der Waals surface area (Å²) in [6.45, 7) is 3.35. The molecule has 1 aliphatic carbocycles. The van der Waals surface area contributed by atoms with Crippen molar-refractivity contribution in [3.05, 3.63) is 0 Å². The van der Waals surface area contributed by atoms with Crippen LogP contribution in [0.15, 0.2) is 0 Å². The van der Waals surface area contributed by atoms with Gasteiger partial charge in [0, 0.05) is 6.04 Å². The molecule has 1 saturated carbocycles. The van der Waals surface area contributed by atoms with Gasteiger partial charge in [0.25, 0.3) is 0 Å². The Morgan fingerprint density at radius 1 is 1.33 bits per heavy atom. The molecule has 2 unspecified atom stereocenters. The number of piperidine rings is 1. The average Bonchev–Trinajstić information content (AvgIpc) is 2.98. The summed E-state index contributed by atoms with van der Waals surface area (Å²) in [4.78, 5) is 8.90. The molecule has 1 heterocycles. The topological polar surface area (TPSA) is 69.6 Å². The first-order chi connectivity index (χ1) is 8.15. The highest BCUT2D eigenvalue weighted by Crippen LogP contribution is 2.41. The molecule has 1 aliphatic heterocycles. The van der Waals surface area contributed by atoms with Gasteiger partial charge in [-0.3, -0.25) is 0 Å². The maximum absolute atomic E-state index is 10.6. The van der Waals surface area contributed by atoms with Crippen LogP contribution >= 0.6 is 0 Å². The van der Waals surface area contributed by atoms with E-state index in [0.29, 0.717) is 6.04 Å². The third kappa shape index (κ3) is 4.45. The maximum Gasteiger partial charge on any atom is 0.490 e. The molecule has 3 N–H and O–H groups in total. The lowest BCUT2D eigenvalue weighted by molar-refractivity contribution is -0.192. The molecule has 0 bridgehead atoms. The van der Waals surface area contributed by atoms with Gasteiger partial charge < -0.3 is 15.5 Å². The van der Waals surface area contributed by atoms with Gasteiger partial charge in [-0.25, -0.2) is 4.79 Å². The van der Waals surface area contributed by atoms with Gasteiger partial charge in [-0.15, -0.1) is 0 Å². The van der Waals surface area contributed by atoms with Crippen LogP contribution in [0.3, 0.4) is 0 Å². The molecule has 0 aromatic carbocycles. The number of carbonyl (C=O) groups is 1. The van der Waals surface area contributed by atoms with Gasteiger partial charge in [0.1, 0.15) is 0 Å². The first kappa shape index (κ1) is 15.2. The monoisotopic (exact) mass is 269 g/mol. The summed E-state index contributed by atoms with van der Waals surface area (Å²) < 4.78 is 31.7. The normalized spacial score (nSPS) is 30.1. The minimum absolute atomic E-state index is 0.305. The van der Waals surface area contributed by atoms with Crippen LogP contribution in [0.5, 0.6) is 0 Å². The molecule has 2 rings (SSSR count). The van der Waals surface area contributed by atoms with Crippen LogP contribution in [0, 0.1) is 5.92 Å². The summed E-state index contributed by atoms with van der Waals surface area (Å²) in [5.74, 6) is -1.96. The Morgan fingerprint density at radius 3 is 2.11 bits per heavy atom. The quantitative estimate of drug-likeness (QED) is 0.675. The van der Waals surface area contributed by atoms with Gasteiger partial charge in [0.2, 0.25) is 0 Å². The minimum atomic E-state index is -5.08. The SMILES string of the molecule is CC1CCC(C2(O)CC2)NC1.O=C(O)C(F)(F)F. The zero-order valence-electron chi connectivity index (χ0n) is 10.1. The van der Waals surface area contributed by atoms with E-state index in [2.05, 4.69) is 12.2 Å². The summed E-state index contributed by atoms with van der Waals surface area (Å²) in [5, 5.41) is 20.3. The first-order valence-corrected chi connectivity index (χ1v) is 5.91. The third-order valence-electron chi connectivity index (χ3n) is 3.31. The maximum atomic E-state index is 10.6. The number of hydrogen-bond acceptors (Lipinski definition) is 3. The van der Waals surface area contributed by atoms with E-state index >= 15 is 0 Å². The number of carboxylic acids is 1. The molecule has 4 nitrogen and oxygen atoms in total.